The number of nitrogens with one attached hydrogen (secondary N) is 2. The van der Waals surface area contributed by atoms with Crippen LogP contribution in [-0.2, 0) is 6.42 Å². The minimum Gasteiger partial charge on any atom is -0.496 e. The Morgan fingerprint density at radius 1 is 1.07 bits per heavy atom. The van der Waals surface area contributed by atoms with E-state index in [1.54, 1.807) is 13.2 Å². The molecule has 1 aliphatic carbocycles. The fourth-order valence-electron chi connectivity index (χ4n) is 3.09. The largest absolute Gasteiger partial charge is 0.496 e. The molecule has 2 N–H and O–H groups in total. The van der Waals surface area contributed by atoms with E-state index in [1.165, 1.54) is 0 Å². The van der Waals surface area contributed by atoms with Gasteiger partial charge in [-0.05, 0) is 30.9 Å². The Bertz CT molecular complexity index is 987. The van der Waals surface area contributed by atoms with Crippen LogP contribution in [0.5, 0.6) is 5.75 Å². The number of hydrogen-bond acceptors (Lipinski definition) is 5. The second kappa shape index (κ2) is 8.73. The lowest BCUT2D eigenvalue weighted by Gasteiger charge is -2.12. The van der Waals surface area contributed by atoms with Crippen molar-refractivity contribution < 1.29 is 9.53 Å². The molecule has 1 heterocycles. The van der Waals surface area contributed by atoms with Crippen LogP contribution in [0.1, 0.15) is 28.9 Å². The first kappa shape index (κ1) is 18.9. The standard InChI is InChI=1S/C23H24N4O2/c1-29-20-10-6-5-7-16(20)13-14-24-21-15-19(23(28)25-18-11-12-18)26-22(27-21)17-8-3-2-4-9-17/h2-10,15,18H,11-14H2,1H3,(H,25,28)(H,24,26,27). The number of rotatable bonds is 8. The van der Waals surface area contributed by atoms with Crippen molar-refractivity contribution in [3.63, 3.8) is 0 Å². The first-order valence-electron chi connectivity index (χ1n) is 9.84. The average Bonchev–Trinajstić information content (AvgIpc) is 3.58. The third-order valence-electron chi connectivity index (χ3n) is 4.80. The Balaban J connectivity index is 1.53. The minimum atomic E-state index is -0.153. The molecule has 1 amide bonds. The number of hydrogen-bond donors (Lipinski definition) is 2. The zero-order chi connectivity index (χ0) is 20.1. The van der Waals surface area contributed by atoms with Crippen molar-refractivity contribution in [1.29, 1.82) is 0 Å². The number of benzene rings is 2. The quantitative estimate of drug-likeness (QED) is 0.615. The van der Waals surface area contributed by atoms with Crippen molar-refractivity contribution in [2.75, 3.05) is 19.0 Å². The highest BCUT2D eigenvalue weighted by molar-refractivity contribution is 5.93. The predicted octanol–water partition coefficient (Wildman–Crippen LogP) is 3.70. The summed E-state index contributed by atoms with van der Waals surface area (Å²) in [6, 6.07) is 19.6. The number of aromatic nitrogens is 2. The Labute approximate surface area is 170 Å². The van der Waals surface area contributed by atoms with Crippen molar-refractivity contribution in [2.24, 2.45) is 0 Å². The van der Waals surface area contributed by atoms with Gasteiger partial charge in [0.15, 0.2) is 5.82 Å². The van der Waals surface area contributed by atoms with E-state index >= 15 is 0 Å². The number of carbonyl (C=O) groups is 1. The van der Waals surface area contributed by atoms with E-state index in [-0.39, 0.29) is 11.9 Å². The average molecular weight is 388 g/mol. The zero-order valence-electron chi connectivity index (χ0n) is 16.4. The molecule has 1 fully saturated rings. The van der Waals surface area contributed by atoms with E-state index in [1.807, 2.05) is 54.6 Å². The molecular weight excluding hydrogens is 364 g/mol. The van der Waals surface area contributed by atoms with Crippen LogP contribution in [0.15, 0.2) is 60.7 Å². The smallest absolute Gasteiger partial charge is 0.270 e. The summed E-state index contributed by atoms with van der Waals surface area (Å²) < 4.78 is 5.41. The molecule has 0 aliphatic heterocycles. The molecule has 1 aliphatic rings. The van der Waals surface area contributed by atoms with E-state index in [0.717, 1.165) is 36.1 Å². The van der Waals surface area contributed by atoms with Gasteiger partial charge in [-0.3, -0.25) is 4.79 Å². The maximum Gasteiger partial charge on any atom is 0.270 e. The van der Waals surface area contributed by atoms with E-state index in [2.05, 4.69) is 20.6 Å². The summed E-state index contributed by atoms with van der Waals surface area (Å²) in [6.07, 6.45) is 2.84. The van der Waals surface area contributed by atoms with Gasteiger partial charge >= 0.3 is 0 Å². The van der Waals surface area contributed by atoms with E-state index in [9.17, 15) is 4.79 Å². The van der Waals surface area contributed by atoms with Crippen LogP contribution in [0, 0.1) is 0 Å². The molecule has 148 valence electrons. The molecule has 0 spiro atoms. The number of ether oxygens (including phenoxy) is 1. The van der Waals surface area contributed by atoms with Gasteiger partial charge in [0.2, 0.25) is 0 Å². The number of nitrogens with zero attached hydrogens (tertiary/aromatic N) is 2. The SMILES string of the molecule is COc1ccccc1CCNc1cc(C(=O)NC2CC2)nc(-c2ccccc2)n1. The van der Waals surface area contributed by atoms with Gasteiger partial charge in [0.25, 0.3) is 5.91 Å². The summed E-state index contributed by atoms with van der Waals surface area (Å²) in [5, 5.41) is 6.33. The number of methoxy groups -OCH3 is 1. The van der Waals surface area contributed by atoms with Crippen LogP contribution in [0.3, 0.4) is 0 Å². The lowest BCUT2D eigenvalue weighted by molar-refractivity contribution is 0.0946. The van der Waals surface area contributed by atoms with Gasteiger partial charge in [-0.1, -0.05) is 48.5 Å². The van der Waals surface area contributed by atoms with Gasteiger partial charge in [0, 0.05) is 24.2 Å². The van der Waals surface area contributed by atoms with E-state index in [0.29, 0.717) is 23.9 Å². The topological polar surface area (TPSA) is 76.1 Å². The molecule has 6 nitrogen and oxygen atoms in total. The van der Waals surface area contributed by atoms with Crippen LogP contribution in [-0.4, -0.2) is 35.6 Å². The molecule has 2 aromatic carbocycles. The maximum absolute atomic E-state index is 12.6. The Morgan fingerprint density at radius 2 is 1.83 bits per heavy atom. The van der Waals surface area contributed by atoms with Gasteiger partial charge in [-0.25, -0.2) is 9.97 Å². The summed E-state index contributed by atoms with van der Waals surface area (Å²) >= 11 is 0. The molecule has 3 aromatic rings. The molecule has 0 saturated heterocycles. The van der Waals surface area contributed by atoms with Crippen molar-refractivity contribution in [3.05, 3.63) is 71.9 Å². The second-order valence-corrected chi connectivity index (χ2v) is 7.06. The van der Waals surface area contributed by atoms with Crippen LogP contribution in [0.4, 0.5) is 5.82 Å². The highest BCUT2D eigenvalue weighted by Gasteiger charge is 2.25. The molecule has 0 atom stereocenters. The Kier molecular flexibility index (Phi) is 5.70. The third kappa shape index (κ3) is 4.90. The maximum atomic E-state index is 12.6. The lowest BCUT2D eigenvalue weighted by atomic mass is 10.1. The Morgan fingerprint density at radius 3 is 2.59 bits per heavy atom. The van der Waals surface area contributed by atoms with Crippen molar-refractivity contribution in [2.45, 2.75) is 25.3 Å². The Hall–Kier alpha value is -3.41. The summed E-state index contributed by atoms with van der Waals surface area (Å²) in [6.45, 7) is 0.662. The molecule has 0 radical (unpaired) electrons. The lowest BCUT2D eigenvalue weighted by Crippen LogP contribution is -2.26. The van der Waals surface area contributed by atoms with Crippen LogP contribution in [0.2, 0.25) is 0 Å². The normalized spacial score (nSPS) is 13.0. The van der Waals surface area contributed by atoms with Crippen LogP contribution < -0.4 is 15.4 Å². The second-order valence-electron chi connectivity index (χ2n) is 7.06. The number of para-hydroxylation sites is 1. The van der Waals surface area contributed by atoms with Gasteiger partial charge < -0.3 is 15.4 Å². The van der Waals surface area contributed by atoms with E-state index in [4.69, 9.17) is 4.74 Å². The summed E-state index contributed by atoms with van der Waals surface area (Å²) in [4.78, 5) is 21.7. The van der Waals surface area contributed by atoms with Crippen LogP contribution in [0.25, 0.3) is 11.4 Å². The minimum absolute atomic E-state index is 0.153. The predicted molar refractivity (Wildman–Crippen MR) is 113 cm³/mol. The molecule has 1 aromatic heterocycles. The molecule has 0 unspecified atom stereocenters. The van der Waals surface area contributed by atoms with Gasteiger partial charge in [0.05, 0.1) is 7.11 Å². The molecule has 1 saturated carbocycles. The van der Waals surface area contributed by atoms with Crippen molar-refractivity contribution >= 4 is 11.7 Å². The zero-order valence-corrected chi connectivity index (χ0v) is 16.4. The fraction of sp³-hybridized carbons (Fsp3) is 0.261. The number of amides is 1. The molecular formula is C23H24N4O2. The number of carbonyl (C=O) groups excluding carboxylic acids is 1. The highest BCUT2D eigenvalue weighted by Crippen LogP contribution is 2.22. The van der Waals surface area contributed by atoms with Crippen LogP contribution >= 0.6 is 0 Å². The van der Waals surface area contributed by atoms with Gasteiger partial charge in [-0.2, -0.15) is 0 Å². The van der Waals surface area contributed by atoms with Gasteiger partial charge in [0.1, 0.15) is 17.3 Å². The first-order chi connectivity index (χ1) is 14.2. The fourth-order valence-corrected chi connectivity index (χ4v) is 3.09. The van der Waals surface area contributed by atoms with Gasteiger partial charge in [-0.15, -0.1) is 0 Å². The van der Waals surface area contributed by atoms with E-state index < -0.39 is 0 Å². The molecule has 6 heteroatoms. The summed E-state index contributed by atoms with van der Waals surface area (Å²) in [7, 11) is 1.67. The first-order valence-corrected chi connectivity index (χ1v) is 9.84. The molecule has 0 bridgehead atoms. The summed E-state index contributed by atoms with van der Waals surface area (Å²) in [5.41, 5.74) is 2.37. The molecule has 4 rings (SSSR count). The molecule has 29 heavy (non-hydrogen) atoms. The third-order valence-corrected chi connectivity index (χ3v) is 4.80. The summed E-state index contributed by atoms with van der Waals surface area (Å²) in [5.74, 6) is 1.88. The number of anilines is 1. The highest BCUT2D eigenvalue weighted by atomic mass is 16.5. The van der Waals surface area contributed by atoms with Crippen molar-refractivity contribution in [3.8, 4) is 17.1 Å². The monoisotopic (exact) mass is 388 g/mol. The van der Waals surface area contributed by atoms with Crippen molar-refractivity contribution in [1.82, 2.24) is 15.3 Å².